The van der Waals surface area contributed by atoms with E-state index in [-0.39, 0.29) is 17.6 Å². The Morgan fingerprint density at radius 3 is 2.79 bits per heavy atom. The number of nitrogens with one attached hydrogen (secondary N) is 1. The van der Waals surface area contributed by atoms with Crippen LogP contribution in [-0.4, -0.2) is 18.5 Å². The largest absolute Gasteiger partial charge is 0.456 e. The van der Waals surface area contributed by atoms with Crippen LogP contribution in [0.15, 0.2) is 18.2 Å². The van der Waals surface area contributed by atoms with E-state index in [0.29, 0.717) is 29.5 Å². The quantitative estimate of drug-likeness (QED) is 0.827. The molecule has 24 heavy (non-hydrogen) atoms. The Hall–Kier alpha value is -2.06. The van der Waals surface area contributed by atoms with Crippen LogP contribution in [0.2, 0.25) is 5.02 Å². The van der Waals surface area contributed by atoms with Gasteiger partial charge in [0.25, 0.3) is 5.91 Å². The topological polar surface area (TPSA) is 79.2 Å². The summed E-state index contributed by atoms with van der Waals surface area (Å²) in [5.74, 6) is 1.16. The van der Waals surface area contributed by atoms with Gasteiger partial charge in [-0.15, -0.1) is 0 Å². The minimum atomic E-state index is -0.419. The van der Waals surface area contributed by atoms with Gasteiger partial charge < -0.3 is 10.1 Å². The molecule has 1 N–H and O–H groups in total. The van der Waals surface area contributed by atoms with Crippen LogP contribution in [0.4, 0.5) is 5.69 Å². The van der Waals surface area contributed by atoms with Gasteiger partial charge in [0.05, 0.1) is 10.6 Å². The number of fused-ring (bicyclic) bond motifs is 2. The van der Waals surface area contributed by atoms with Crippen LogP contribution in [-0.2, 0) is 14.3 Å². The highest BCUT2D eigenvalue weighted by molar-refractivity contribution is 6.32. The van der Waals surface area contributed by atoms with Crippen LogP contribution in [0.5, 0.6) is 0 Å². The number of benzene rings is 1. The zero-order valence-corrected chi connectivity index (χ0v) is 14.0. The summed E-state index contributed by atoms with van der Waals surface area (Å²) in [6, 6.07) is 6.55. The Bertz CT molecular complexity index is 698. The molecule has 0 aliphatic heterocycles. The predicted molar refractivity (Wildman–Crippen MR) is 89.3 cm³/mol. The molecule has 0 unspecified atom stereocenters. The van der Waals surface area contributed by atoms with E-state index in [1.165, 1.54) is 31.4 Å². The number of nitrogens with zero attached hydrogens (tertiary/aromatic N) is 1. The number of carbonyl (C=O) groups is 2. The Labute approximate surface area is 145 Å². The lowest BCUT2D eigenvalue weighted by Gasteiger charge is -2.20. The van der Waals surface area contributed by atoms with E-state index >= 15 is 0 Å². The van der Waals surface area contributed by atoms with Gasteiger partial charge in [0.1, 0.15) is 6.07 Å². The van der Waals surface area contributed by atoms with Crippen LogP contribution in [0.3, 0.4) is 0 Å². The van der Waals surface area contributed by atoms with Crippen molar-refractivity contribution >= 4 is 29.2 Å². The molecule has 1 aromatic carbocycles. The van der Waals surface area contributed by atoms with Gasteiger partial charge >= 0.3 is 5.97 Å². The third-order valence-electron chi connectivity index (χ3n) is 5.05. The summed E-state index contributed by atoms with van der Waals surface area (Å²) in [5.41, 5.74) is 0.806. The van der Waals surface area contributed by atoms with E-state index in [0.717, 1.165) is 12.3 Å². The molecule has 0 aromatic heterocycles. The monoisotopic (exact) mass is 346 g/mol. The Morgan fingerprint density at radius 2 is 2.17 bits per heavy atom. The number of anilines is 1. The van der Waals surface area contributed by atoms with Crippen molar-refractivity contribution in [3.05, 3.63) is 28.8 Å². The molecule has 1 aromatic rings. The minimum absolute atomic E-state index is 0.267. The zero-order chi connectivity index (χ0) is 17.1. The first-order valence-corrected chi connectivity index (χ1v) is 8.58. The Morgan fingerprint density at radius 1 is 1.33 bits per heavy atom. The first kappa shape index (κ1) is 16.8. The Kier molecular flexibility index (Phi) is 5.06. The number of carbonyl (C=O) groups excluding carboxylic acids is 2. The van der Waals surface area contributed by atoms with Gasteiger partial charge in [0.15, 0.2) is 6.61 Å². The molecule has 6 heteroatoms. The normalized spacial score (nSPS) is 24.4. The number of rotatable bonds is 5. The smallest absolute Gasteiger partial charge is 0.306 e. The number of nitriles is 1. The number of halogens is 1. The molecule has 3 atom stereocenters. The van der Waals surface area contributed by atoms with Gasteiger partial charge in [-0.2, -0.15) is 5.26 Å². The fourth-order valence-corrected chi connectivity index (χ4v) is 4.15. The molecular formula is C18H19ClN2O3. The standard InChI is InChI=1S/C18H19ClN2O3/c19-16-8-15(4-3-13(16)9-20)21-17(22)10-24-18(23)7-14-6-11-1-2-12(14)5-11/h3-4,8,11-12,14H,1-2,5-7,10H2,(H,21,22)/t11-,12-,14+/m1/s1. The van der Waals surface area contributed by atoms with E-state index in [2.05, 4.69) is 5.32 Å². The van der Waals surface area contributed by atoms with Crippen molar-refractivity contribution < 1.29 is 14.3 Å². The first-order chi connectivity index (χ1) is 11.5. The molecule has 1 amide bonds. The molecule has 5 nitrogen and oxygen atoms in total. The Balaban J connectivity index is 1.43. The van der Waals surface area contributed by atoms with Crippen LogP contribution < -0.4 is 5.32 Å². The maximum Gasteiger partial charge on any atom is 0.306 e. The minimum Gasteiger partial charge on any atom is -0.456 e. The SMILES string of the molecule is N#Cc1ccc(NC(=O)COC(=O)C[C@@H]2C[C@@H]3CC[C@@H]2C3)cc1Cl. The van der Waals surface area contributed by atoms with E-state index < -0.39 is 5.91 Å². The van der Waals surface area contributed by atoms with Gasteiger partial charge in [0, 0.05) is 12.1 Å². The van der Waals surface area contributed by atoms with Gasteiger partial charge in [-0.05, 0) is 55.2 Å². The van der Waals surface area contributed by atoms with Crippen LogP contribution in [0.1, 0.15) is 37.7 Å². The van der Waals surface area contributed by atoms with Gasteiger partial charge in [-0.3, -0.25) is 9.59 Å². The molecule has 2 aliphatic rings. The van der Waals surface area contributed by atoms with Crippen molar-refractivity contribution in [1.82, 2.24) is 0 Å². The van der Waals surface area contributed by atoms with E-state index in [4.69, 9.17) is 21.6 Å². The van der Waals surface area contributed by atoms with Crippen LogP contribution >= 0.6 is 11.6 Å². The van der Waals surface area contributed by atoms with E-state index in [1.54, 1.807) is 6.07 Å². The summed E-state index contributed by atoms with van der Waals surface area (Å²) in [7, 11) is 0. The zero-order valence-electron chi connectivity index (χ0n) is 13.3. The van der Waals surface area contributed by atoms with Crippen molar-refractivity contribution in [3.63, 3.8) is 0 Å². The summed E-state index contributed by atoms with van der Waals surface area (Å²) in [6.45, 7) is -0.308. The molecular weight excluding hydrogens is 328 g/mol. The lowest BCUT2D eigenvalue weighted by Crippen LogP contribution is -2.23. The lowest BCUT2D eigenvalue weighted by molar-refractivity contribution is -0.148. The predicted octanol–water partition coefficient (Wildman–Crippen LogP) is 3.52. The molecule has 3 rings (SSSR count). The number of esters is 1. The molecule has 2 saturated carbocycles. The van der Waals surface area contributed by atoms with Crippen LogP contribution in [0.25, 0.3) is 0 Å². The second-order valence-corrected chi connectivity index (χ2v) is 7.06. The molecule has 0 saturated heterocycles. The van der Waals surface area contributed by atoms with E-state index in [9.17, 15) is 9.59 Å². The van der Waals surface area contributed by atoms with Gasteiger partial charge in [-0.25, -0.2) is 0 Å². The highest BCUT2D eigenvalue weighted by Gasteiger charge is 2.40. The summed E-state index contributed by atoms with van der Waals surface area (Å²) in [4.78, 5) is 23.8. The number of hydrogen-bond donors (Lipinski definition) is 1. The highest BCUT2D eigenvalue weighted by atomic mass is 35.5. The second kappa shape index (κ2) is 7.23. The third-order valence-corrected chi connectivity index (χ3v) is 5.36. The summed E-state index contributed by atoms with van der Waals surface area (Å²) in [5, 5.41) is 11.7. The summed E-state index contributed by atoms with van der Waals surface area (Å²) >= 11 is 5.91. The molecule has 2 fully saturated rings. The second-order valence-electron chi connectivity index (χ2n) is 6.65. The van der Waals surface area contributed by atoms with Gasteiger partial charge in [0.2, 0.25) is 0 Å². The lowest BCUT2D eigenvalue weighted by atomic mass is 9.86. The number of hydrogen-bond acceptors (Lipinski definition) is 4. The maximum atomic E-state index is 11.9. The molecule has 0 heterocycles. The van der Waals surface area contributed by atoms with Crippen molar-refractivity contribution in [2.24, 2.45) is 17.8 Å². The average molecular weight is 347 g/mol. The van der Waals surface area contributed by atoms with Gasteiger partial charge in [-0.1, -0.05) is 18.0 Å². The third kappa shape index (κ3) is 3.88. The summed E-state index contributed by atoms with van der Waals surface area (Å²) < 4.78 is 5.08. The first-order valence-electron chi connectivity index (χ1n) is 8.20. The molecule has 0 radical (unpaired) electrons. The molecule has 126 valence electrons. The highest BCUT2D eigenvalue weighted by Crippen LogP contribution is 2.49. The fourth-order valence-electron chi connectivity index (χ4n) is 3.93. The number of amides is 1. The summed E-state index contributed by atoms with van der Waals surface area (Å²) in [6.07, 6.45) is 5.30. The molecule has 2 aliphatic carbocycles. The van der Waals surface area contributed by atoms with Crippen molar-refractivity contribution in [2.45, 2.75) is 32.1 Å². The van der Waals surface area contributed by atoms with E-state index in [1.807, 2.05) is 6.07 Å². The van der Waals surface area contributed by atoms with Crippen molar-refractivity contribution in [3.8, 4) is 6.07 Å². The molecule has 0 spiro atoms. The van der Waals surface area contributed by atoms with Crippen molar-refractivity contribution in [1.29, 1.82) is 5.26 Å². The average Bonchev–Trinajstić information content (AvgIpc) is 3.16. The number of ether oxygens (including phenoxy) is 1. The molecule has 2 bridgehead atoms. The fraction of sp³-hybridized carbons (Fsp3) is 0.500. The van der Waals surface area contributed by atoms with Crippen LogP contribution in [0, 0.1) is 29.1 Å². The van der Waals surface area contributed by atoms with Crippen molar-refractivity contribution in [2.75, 3.05) is 11.9 Å². The maximum absolute atomic E-state index is 11.9.